The fourth-order valence-corrected chi connectivity index (χ4v) is 2.72. The molecule has 0 heterocycles. The number of methoxy groups -OCH3 is 1. The molecule has 0 saturated carbocycles. The molecule has 3 rings (SSSR count). The Kier molecular flexibility index (Phi) is 8.23. The summed E-state index contributed by atoms with van der Waals surface area (Å²) >= 11 is 0. The smallest absolute Gasteiger partial charge is 0.122 e. The molecular formula is C24H27NO4. The summed E-state index contributed by atoms with van der Waals surface area (Å²) in [5.41, 5.74) is 2.14. The molecule has 29 heavy (non-hydrogen) atoms. The quantitative estimate of drug-likeness (QED) is 0.449. The molecule has 3 aromatic carbocycles. The van der Waals surface area contributed by atoms with Gasteiger partial charge in [-0.1, -0.05) is 36.4 Å². The summed E-state index contributed by atoms with van der Waals surface area (Å²) in [5, 5.41) is 3.42. The molecule has 0 aromatic heterocycles. The van der Waals surface area contributed by atoms with E-state index < -0.39 is 0 Å². The van der Waals surface area contributed by atoms with Gasteiger partial charge in [-0.2, -0.15) is 0 Å². The van der Waals surface area contributed by atoms with E-state index >= 15 is 0 Å². The van der Waals surface area contributed by atoms with Crippen molar-refractivity contribution in [3.05, 3.63) is 84.4 Å². The van der Waals surface area contributed by atoms with Crippen LogP contribution < -0.4 is 19.5 Å². The van der Waals surface area contributed by atoms with E-state index in [0.29, 0.717) is 33.0 Å². The van der Waals surface area contributed by atoms with Crippen LogP contribution in [0.3, 0.4) is 0 Å². The topological polar surface area (TPSA) is 49.0 Å². The van der Waals surface area contributed by atoms with E-state index in [1.54, 1.807) is 7.11 Å². The van der Waals surface area contributed by atoms with E-state index in [9.17, 15) is 0 Å². The summed E-state index contributed by atoms with van der Waals surface area (Å²) < 4.78 is 22.1. The Morgan fingerprint density at radius 2 is 1.24 bits per heavy atom. The fraction of sp³-hybridized carbons (Fsp3) is 0.250. The first-order valence-electron chi connectivity index (χ1n) is 9.69. The van der Waals surface area contributed by atoms with Crippen LogP contribution in [0.5, 0.6) is 17.2 Å². The van der Waals surface area contributed by atoms with E-state index in [1.807, 2.05) is 72.8 Å². The van der Waals surface area contributed by atoms with Crippen LogP contribution in [0.15, 0.2) is 78.9 Å². The van der Waals surface area contributed by atoms with Gasteiger partial charge in [0.1, 0.15) is 37.1 Å². The second-order valence-corrected chi connectivity index (χ2v) is 6.38. The third kappa shape index (κ3) is 7.39. The van der Waals surface area contributed by atoms with Crippen molar-refractivity contribution in [1.82, 2.24) is 0 Å². The van der Waals surface area contributed by atoms with Gasteiger partial charge in [-0.15, -0.1) is 0 Å². The predicted molar refractivity (Wildman–Crippen MR) is 115 cm³/mol. The number of hydrogen-bond donors (Lipinski definition) is 1. The second-order valence-electron chi connectivity index (χ2n) is 6.38. The maximum Gasteiger partial charge on any atom is 0.122 e. The minimum Gasteiger partial charge on any atom is -0.491 e. The summed E-state index contributed by atoms with van der Waals surface area (Å²) in [4.78, 5) is 0. The molecule has 0 aliphatic carbocycles. The van der Waals surface area contributed by atoms with Crippen LogP contribution in [0.1, 0.15) is 5.56 Å². The molecule has 1 N–H and O–H groups in total. The Morgan fingerprint density at radius 1 is 0.621 bits per heavy atom. The van der Waals surface area contributed by atoms with Gasteiger partial charge in [0.25, 0.3) is 0 Å². The first kappa shape index (κ1) is 20.6. The number of hydrogen-bond acceptors (Lipinski definition) is 5. The molecule has 0 fully saturated rings. The van der Waals surface area contributed by atoms with Crippen LogP contribution in [0.2, 0.25) is 0 Å². The van der Waals surface area contributed by atoms with Crippen LogP contribution in [0, 0.1) is 0 Å². The lowest BCUT2D eigenvalue weighted by Crippen LogP contribution is -2.09. The van der Waals surface area contributed by atoms with Gasteiger partial charge >= 0.3 is 0 Å². The third-order valence-corrected chi connectivity index (χ3v) is 4.15. The lowest BCUT2D eigenvalue weighted by atomic mass is 10.2. The molecule has 0 unspecified atom stereocenters. The molecule has 0 radical (unpaired) electrons. The summed E-state index contributed by atoms with van der Waals surface area (Å²) in [6, 6.07) is 25.7. The molecule has 0 spiro atoms. The average Bonchev–Trinajstić information content (AvgIpc) is 2.77. The van der Waals surface area contributed by atoms with Crippen molar-refractivity contribution in [2.45, 2.75) is 6.54 Å². The number of rotatable bonds is 12. The number of para-hydroxylation sites is 1. The van der Waals surface area contributed by atoms with Gasteiger partial charge in [-0.3, -0.25) is 0 Å². The number of ether oxygens (including phenoxy) is 4. The molecular weight excluding hydrogens is 366 g/mol. The highest BCUT2D eigenvalue weighted by Crippen LogP contribution is 2.19. The lowest BCUT2D eigenvalue weighted by Gasteiger charge is -2.11. The number of benzene rings is 3. The van der Waals surface area contributed by atoms with Crippen molar-refractivity contribution in [2.24, 2.45) is 0 Å². The Morgan fingerprint density at radius 3 is 2.00 bits per heavy atom. The third-order valence-electron chi connectivity index (χ3n) is 4.15. The van der Waals surface area contributed by atoms with Crippen LogP contribution >= 0.6 is 0 Å². The maximum absolute atomic E-state index is 5.81. The van der Waals surface area contributed by atoms with Gasteiger partial charge in [-0.25, -0.2) is 0 Å². The van der Waals surface area contributed by atoms with E-state index in [0.717, 1.165) is 28.5 Å². The summed E-state index contributed by atoms with van der Waals surface area (Å²) in [7, 11) is 1.66. The van der Waals surface area contributed by atoms with Crippen molar-refractivity contribution in [2.75, 3.05) is 38.9 Å². The predicted octanol–water partition coefficient (Wildman–Crippen LogP) is 4.78. The summed E-state index contributed by atoms with van der Waals surface area (Å²) in [5.74, 6) is 2.50. The number of nitrogens with one attached hydrogen (secondary N) is 1. The first-order chi connectivity index (χ1) is 14.3. The van der Waals surface area contributed by atoms with E-state index in [2.05, 4.69) is 11.4 Å². The Hall–Kier alpha value is -3.18. The van der Waals surface area contributed by atoms with Crippen molar-refractivity contribution in [3.63, 3.8) is 0 Å². The average molecular weight is 393 g/mol. The molecule has 5 nitrogen and oxygen atoms in total. The van der Waals surface area contributed by atoms with E-state index in [4.69, 9.17) is 18.9 Å². The highest BCUT2D eigenvalue weighted by molar-refractivity contribution is 5.48. The molecule has 0 aliphatic rings. The van der Waals surface area contributed by atoms with Crippen molar-refractivity contribution in [1.29, 1.82) is 0 Å². The SMILES string of the molecule is COCCOc1cccc(NCc2cccc(OCCOc3ccccc3)c2)c1. The molecule has 0 amide bonds. The largest absolute Gasteiger partial charge is 0.491 e. The standard InChI is InChI=1S/C24H27NO4/c1-26-13-14-28-24-12-6-8-21(18-24)25-19-20-7-5-11-23(17-20)29-16-15-27-22-9-3-2-4-10-22/h2-12,17-18,25H,13-16,19H2,1H3. The lowest BCUT2D eigenvalue weighted by molar-refractivity contribution is 0.146. The van der Waals surface area contributed by atoms with Crippen LogP contribution in [-0.2, 0) is 11.3 Å². The molecule has 0 atom stereocenters. The molecule has 5 heteroatoms. The van der Waals surface area contributed by atoms with E-state index in [1.165, 1.54) is 0 Å². The normalized spacial score (nSPS) is 10.4. The minimum atomic E-state index is 0.493. The Balaban J connectivity index is 1.44. The number of anilines is 1. The maximum atomic E-state index is 5.81. The second kappa shape index (κ2) is 11.6. The van der Waals surface area contributed by atoms with Gasteiger partial charge in [0, 0.05) is 25.4 Å². The molecule has 0 bridgehead atoms. The highest BCUT2D eigenvalue weighted by atomic mass is 16.5. The molecule has 0 aliphatic heterocycles. The van der Waals surface area contributed by atoms with Crippen molar-refractivity contribution >= 4 is 5.69 Å². The highest BCUT2D eigenvalue weighted by Gasteiger charge is 2.01. The monoisotopic (exact) mass is 393 g/mol. The van der Waals surface area contributed by atoms with Gasteiger partial charge in [-0.05, 0) is 42.0 Å². The Labute approximate surface area is 172 Å². The first-order valence-corrected chi connectivity index (χ1v) is 9.69. The van der Waals surface area contributed by atoms with Gasteiger partial charge < -0.3 is 24.3 Å². The summed E-state index contributed by atoms with van der Waals surface area (Å²) in [6.07, 6.45) is 0. The van der Waals surface area contributed by atoms with Crippen LogP contribution in [0.25, 0.3) is 0 Å². The van der Waals surface area contributed by atoms with Crippen LogP contribution in [-0.4, -0.2) is 33.5 Å². The minimum absolute atomic E-state index is 0.493. The zero-order chi connectivity index (χ0) is 20.2. The molecule has 0 saturated heterocycles. The fourth-order valence-electron chi connectivity index (χ4n) is 2.72. The molecule has 152 valence electrons. The summed E-state index contributed by atoms with van der Waals surface area (Å²) in [6.45, 7) is 2.79. The van der Waals surface area contributed by atoms with Crippen molar-refractivity contribution in [3.8, 4) is 17.2 Å². The van der Waals surface area contributed by atoms with E-state index in [-0.39, 0.29) is 0 Å². The van der Waals surface area contributed by atoms with Crippen molar-refractivity contribution < 1.29 is 18.9 Å². The van der Waals surface area contributed by atoms with Crippen LogP contribution in [0.4, 0.5) is 5.69 Å². The zero-order valence-electron chi connectivity index (χ0n) is 16.7. The van der Waals surface area contributed by atoms with Gasteiger partial charge in [0.2, 0.25) is 0 Å². The zero-order valence-corrected chi connectivity index (χ0v) is 16.7. The van der Waals surface area contributed by atoms with Gasteiger partial charge in [0.05, 0.1) is 6.61 Å². The Bertz CT molecular complexity index is 854. The van der Waals surface area contributed by atoms with Gasteiger partial charge in [0.15, 0.2) is 0 Å². The molecule has 3 aromatic rings.